The molecule has 19 heavy (non-hydrogen) atoms. The average Bonchev–Trinajstić information content (AvgIpc) is 3.24. The predicted octanol–water partition coefficient (Wildman–Crippen LogP) is 2.54. The lowest BCUT2D eigenvalue weighted by Gasteiger charge is -2.36. The van der Waals surface area contributed by atoms with Crippen LogP contribution in [0, 0.1) is 12.8 Å². The van der Waals surface area contributed by atoms with Gasteiger partial charge in [0.2, 0.25) is 0 Å². The number of rotatable bonds is 4. The van der Waals surface area contributed by atoms with E-state index in [-0.39, 0.29) is 0 Å². The van der Waals surface area contributed by atoms with E-state index in [1.165, 1.54) is 43.7 Å². The Labute approximate surface area is 116 Å². The molecule has 2 fully saturated rings. The molecule has 3 rings (SSSR count). The third kappa shape index (κ3) is 3.03. The van der Waals surface area contributed by atoms with Crippen LogP contribution in [0.3, 0.4) is 0 Å². The van der Waals surface area contributed by atoms with Crippen LogP contribution < -0.4 is 9.64 Å². The second kappa shape index (κ2) is 5.41. The van der Waals surface area contributed by atoms with Crippen molar-refractivity contribution >= 4 is 5.69 Å². The van der Waals surface area contributed by atoms with E-state index in [0.29, 0.717) is 0 Å². The first-order valence-electron chi connectivity index (χ1n) is 7.38. The van der Waals surface area contributed by atoms with E-state index in [1.807, 2.05) is 0 Å². The van der Waals surface area contributed by atoms with Gasteiger partial charge in [0.15, 0.2) is 0 Å². The van der Waals surface area contributed by atoms with Crippen LogP contribution in [0.5, 0.6) is 5.75 Å². The maximum absolute atomic E-state index is 5.42. The molecule has 1 aliphatic heterocycles. The normalized spacial score (nSPS) is 20.6. The minimum Gasteiger partial charge on any atom is -0.496 e. The summed E-state index contributed by atoms with van der Waals surface area (Å²) in [5.74, 6) is 2.00. The van der Waals surface area contributed by atoms with Gasteiger partial charge in [0.25, 0.3) is 0 Å². The van der Waals surface area contributed by atoms with Gasteiger partial charge in [0, 0.05) is 44.5 Å². The van der Waals surface area contributed by atoms with Crippen molar-refractivity contribution in [3.8, 4) is 5.75 Å². The molecule has 0 bridgehead atoms. The van der Waals surface area contributed by atoms with Gasteiger partial charge in [-0.1, -0.05) is 6.07 Å². The van der Waals surface area contributed by atoms with Crippen molar-refractivity contribution in [3.63, 3.8) is 0 Å². The highest BCUT2D eigenvalue weighted by atomic mass is 16.5. The molecule has 0 N–H and O–H groups in total. The highest BCUT2D eigenvalue weighted by molar-refractivity contribution is 5.53. The molecule has 1 aromatic rings. The fourth-order valence-corrected chi connectivity index (χ4v) is 2.86. The van der Waals surface area contributed by atoms with Gasteiger partial charge in [0.1, 0.15) is 5.75 Å². The van der Waals surface area contributed by atoms with Gasteiger partial charge < -0.3 is 9.64 Å². The fourth-order valence-electron chi connectivity index (χ4n) is 2.86. The maximum Gasteiger partial charge on any atom is 0.123 e. The number of aryl methyl sites for hydroxylation is 1. The summed E-state index contributed by atoms with van der Waals surface area (Å²) in [5, 5.41) is 0. The van der Waals surface area contributed by atoms with Gasteiger partial charge in [-0.15, -0.1) is 0 Å². The van der Waals surface area contributed by atoms with Crippen molar-refractivity contribution in [3.05, 3.63) is 23.8 Å². The van der Waals surface area contributed by atoms with Crippen molar-refractivity contribution in [1.29, 1.82) is 0 Å². The van der Waals surface area contributed by atoms with Crippen molar-refractivity contribution in [2.75, 3.05) is 44.7 Å². The lowest BCUT2D eigenvalue weighted by Crippen LogP contribution is -2.47. The van der Waals surface area contributed by atoms with Crippen LogP contribution in [0.25, 0.3) is 0 Å². The Bertz CT molecular complexity index is 434. The summed E-state index contributed by atoms with van der Waals surface area (Å²) in [5.41, 5.74) is 2.51. The molecule has 1 saturated heterocycles. The first-order valence-corrected chi connectivity index (χ1v) is 7.38. The van der Waals surface area contributed by atoms with Crippen LogP contribution in [0.1, 0.15) is 18.4 Å². The standard InChI is InChI=1S/C16H24N2O/c1-13-3-6-15(11-16(13)19-2)18-9-7-17(8-10-18)12-14-4-5-14/h3,6,11,14H,4-5,7-10,12H2,1-2H3. The van der Waals surface area contributed by atoms with Crippen LogP contribution in [0.4, 0.5) is 5.69 Å². The lowest BCUT2D eigenvalue weighted by molar-refractivity contribution is 0.248. The molecule has 104 valence electrons. The Morgan fingerprint density at radius 1 is 1.16 bits per heavy atom. The first-order chi connectivity index (χ1) is 9.26. The zero-order valence-corrected chi connectivity index (χ0v) is 12.1. The molecular weight excluding hydrogens is 236 g/mol. The van der Waals surface area contributed by atoms with E-state index in [9.17, 15) is 0 Å². The van der Waals surface area contributed by atoms with Crippen molar-refractivity contribution in [2.45, 2.75) is 19.8 Å². The number of hydrogen-bond acceptors (Lipinski definition) is 3. The second-order valence-corrected chi connectivity index (χ2v) is 5.88. The van der Waals surface area contributed by atoms with E-state index in [2.05, 4.69) is 34.9 Å². The van der Waals surface area contributed by atoms with Crippen LogP contribution in [-0.2, 0) is 0 Å². The Morgan fingerprint density at radius 2 is 1.89 bits per heavy atom. The lowest BCUT2D eigenvalue weighted by atomic mass is 10.1. The Morgan fingerprint density at radius 3 is 2.53 bits per heavy atom. The minimum absolute atomic E-state index is 0.998. The molecule has 1 aliphatic carbocycles. The molecule has 0 aromatic heterocycles. The average molecular weight is 260 g/mol. The number of methoxy groups -OCH3 is 1. The predicted molar refractivity (Wildman–Crippen MR) is 79.1 cm³/mol. The number of nitrogens with zero attached hydrogens (tertiary/aromatic N) is 2. The third-order valence-electron chi connectivity index (χ3n) is 4.34. The third-order valence-corrected chi connectivity index (χ3v) is 4.34. The molecule has 3 heteroatoms. The van der Waals surface area contributed by atoms with Crippen LogP contribution in [0.15, 0.2) is 18.2 Å². The van der Waals surface area contributed by atoms with E-state index < -0.39 is 0 Å². The highest BCUT2D eigenvalue weighted by Gasteiger charge is 2.26. The summed E-state index contributed by atoms with van der Waals surface area (Å²) in [4.78, 5) is 5.10. The van der Waals surface area contributed by atoms with Crippen molar-refractivity contribution < 1.29 is 4.74 Å². The van der Waals surface area contributed by atoms with E-state index in [4.69, 9.17) is 4.74 Å². The van der Waals surface area contributed by atoms with Gasteiger partial charge in [-0.3, -0.25) is 4.90 Å². The molecule has 1 saturated carbocycles. The molecule has 2 aliphatic rings. The Hall–Kier alpha value is -1.22. The smallest absolute Gasteiger partial charge is 0.123 e. The summed E-state index contributed by atoms with van der Waals surface area (Å²) in [6, 6.07) is 6.55. The number of benzene rings is 1. The largest absolute Gasteiger partial charge is 0.496 e. The Balaban J connectivity index is 1.60. The van der Waals surface area contributed by atoms with Crippen molar-refractivity contribution in [2.24, 2.45) is 5.92 Å². The number of piperazine rings is 1. The van der Waals surface area contributed by atoms with Gasteiger partial charge >= 0.3 is 0 Å². The quantitative estimate of drug-likeness (QED) is 0.827. The summed E-state index contributed by atoms with van der Waals surface area (Å²) < 4.78 is 5.42. The highest BCUT2D eigenvalue weighted by Crippen LogP contribution is 2.30. The SMILES string of the molecule is COc1cc(N2CCN(CC3CC3)CC2)ccc1C. The number of hydrogen-bond donors (Lipinski definition) is 0. The zero-order chi connectivity index (χ0) is 13.2. The molecule has 1 aromatic carbocycles. The molecule has 0 spiro atoms. The summed E-state index contributed by atoms with van der Waals surface area (Å²) in [7, 11) is 1.75. The number of anilines is 1. The monoisotopic (exact) mass is 260 g/mol. The molecule has 3 nitrogen and oxygen atoms in total. The molecular formula is C16H24N2O. The fraction of sp³-hybridized carbons (Fsp3) is 0.625. The molecule has 0 atom stereocenters. The van der Waals surface area contributed by atoms with Gasteiger partial charge in [-0.05, 0) is 37.3 Å². The Kier molecular flexibility index (Phi) is 3.65. The van der Waals surface area contributed by atoms with E-state index >= 15 is 0 Å². The first kappa shape index (κ1) is 12.8. The maximum atomic E-state index is 5.42. The van der Waals surface area contributed by atoms with Crippen LogP contribution >= 0.6 is 0 Å². The second-order valence-electron chi connectivity index (χ2n) is 5.88. The zero-order valence-electron chi connectivity index (χ0n) is 12.1. The summed E-state index contributed by atoms with van der Waals surface area (Å²) in [6.07, 6.45) is 2.91. The van der Waals surface area contributed by atoms with E-state index in [1.54, 1.807) is 7.11 Å². The topological polar surface area (TPSA) is 15.7 Å². The molecule has 0 amide bonds. The number of ether oxygens (including phenoxy) is 1. The van der Waals surface area contributed by atoms with Crippen molar-refractivity contribution in [1.82, 2.24) is 4.90 Å². The molecule has 1 heterocycles. The van der Waals surface area contributed by atoms with E-state index in [0.717, 1.165) is 24.8 Å². The van der Waals surface area contributed by atoms with Gasteiger partial charge in [-0.2, -0.15) is 0 Å². The van der Waals surface area contributed by atoms with Crippen LogP contribution in [0.2, 0.25) is 0 Å². The van der Waals surface area contributed by atoms with Gasteiger partial charge in [-0.25, -0.2) is 0 Å². The van der Waals surface area contributed by atoms with Gasteiger partial charge in [0.05, 0.1) is 7.11 Å². The molecule has 0 unspecified atom stereocenters. The summed E-state index contributed by atoms with van der Waals surface area (Å²) in [6.45, 7) is 8.10. The summed E-state index contributed by atoms with van der Waals surface area (Å²) >= 11 is 0. The minimum atomic E-state index is 0.998. The van der Waals surface area contributed by atoms with Crippen LogP contribution in [-0.4, -0.2) is 44.7 Å². The molecule has 0 radical (unpaired) electrons.